The van der Waals surface area contributed by atoms with E-state index in [1.807, 2.05) is 59.4 Å². The Balaban J connectivity index is 1.44. The Labute approximate surface area is 141 Å². The van der Waals surface area contributed by atoms with E-state index in [9.17, 15) is 4.79 Å². The third kappa shape index (κ3) is 4.71. The predicted molar refractivity (Wildman–Crippen MR) is 94.9 cm³/mol. The summed E-state index contributed by atoms with van der Waals surface area (Å²) in [5.41, 5.74) is 3.12. The average Bonchev–Trinajstić information content (AvgIpc) is 3.11. The number of carbonyl (C=O) groups excluding carboxylic acids is 1. The standard InChI is InChI=1S/C19H20N4O/c24-19(20-13-11-16-5-2-1-3-6-16)22-18-9-7-17(8-10-18)15-23-14-4-12-21-23/h1-10,12,14H,11,13,15H2,(H2,20,22,24). The molecule has 0 saturated carbocycles. The van der Waals surface area contributed by atoms with E-state index >= 15 is 0 Å². The number of hydrogen-bond donors (Lipinski definition) is 2. The Kier molecular flexibility index (Phi) is 5.24. The second kappa shape index (κ2) is 7.97. The number of rotatable bonds is 6. The van der Waals surface area contributed by atoms with Gasteiger partial charge in [-0.15, -0.1) is 0 Å². The molecule has 0 spiro atoms. The van der Waals surface area contributed by atoms with Gasteiger partial charge in [0.2, 0.25) is 0 Å². The molecule has 5 nitrogen and oxygen atoms in total. The molecule has 0 aliphatic rings. The Morgan fingerprint density at radius 3 is 2.46 bits per heavy atom. The molecule has 2 aromatic carbocycles. The maximum Gasteiger partial charge on any atom is 0.319 e. The minimum Gasteiger partial charge on any atom is -0.338 e. The summed E-state index contributed by atoms with van der Waals surface area (Å²) in [6, 6.07) is 19.6. The zero-order chi connectivity index (χ0) is 16.6. The van der Waals surface area contributed by atoms with E-state index in [2.05, 4.69) is 27.9 Å². The Morgan fingerprint density at radius 1 is 0.958 bits per heavy atom. The van der Waals surface area contributed by atoms with Gasteiger partial charge in [0.05, 0.1) is 6.54 Å². The molecule has 122 valence electrons. The third-order valence-corrected chi connectivity index (χ3v) is 3.66. The summed E-state index contributed by atoms with van der Waals surface area (Å²) in [7, 11) is 0. The van der Waals surface area contributed by atoms with E-state index in [0.29, 0.717) is 6.54 Å². The highest BCUT2D eigenvalue weighted by molar-refractivity contribution is 5.89. The van der Waals surface area contributed by atoms with Crippen molar-refractivity contribution in [1.82, 2.24) is 15.1 Å². The van der Waals surface area contributed by atoms with Crippen LogP contribution in [-0.2, 0) is 13.0 Å². The van der Waals surface area contributed by atoms with Gasteiger partial charge in [0.15, 0.2) is 0 Å². The van der Waals surface area contributed by atoms with Crippen molar-refractivity contribution in [2.45, 2.75) is 13.0 Å². The summed E-state index contributed by atoms with van der Waals surface area (Å²) >= 11 is 0. The number of aromatic nitrogens is 2. The predicted octanol–water partition coefficient (Wildman–Crippen LogP) is 3.30. The van der Waals surface area contributed by atoms with Crippen LogP contribution >= 0.6 is 0 Å². The van der Waals surface area contributed by atoms with E-state index in [4.69, 9.17) is 0 Å². The molecule has 0 radical (unpaired) electrons. The van der Waals surface area contributed by atoms with Gasteiger partial charge in [-0.1, -0.05) is 42.5 Å². The van der Waals surface area contributed by atoms with E-state index in [0.717, 1.165) is 24.2 Å². The van der Waals surface area contributed by atoms with Gasteiger partial charge in [-0.3, -0.25) is 4.68 Å². The number of nitrogens with one attached hydrogen (secondary N) is 2. The van der Waals surface area contributed by atoms with Crippen molar-refractivity contribution in [3.63, 3.8) is 0 Å². The Hall–Kier alpha value is -3.08. The van der Waals surface area contributed by atoms with Gasteiger partial charge >= 0.3 is 6.03 Å². The molecule has 3 aromatic rings. The van der Waals surface area contributed by atoms with Crippen LogP contribution in [0.2, 0.25) is 0 Å². The first-order valence-corrected chi connectivity index (χ1v) is 7.95. The number of hydrogen-bond acceptors (Lipinski definition) is 2. The molecule has 0 atom stereocenters. The van der Waals surface area contributed by atoms with Crippen LogP contribution in [0.3, 0.4) is 0 Å². The molecule has 2 amide bonds. The smallest absolute Gasteiger partial charge is 0.319 e. The molecular weight excluding hydrogens is 300 g/mol. The molecule has 0 bridgehead atoms. The van der Waals surface area contributed by atoms with Crippen LogP contribution in [0.15, 0.2) is 73.1 Å². The zero-order valence-corrected chi connectivity index (χ0v) is 13.4. The highest BCUT2D eigenvalue weighted by Crippen LogP contribution is 2.10. The fourth-order valence-electron chi connectivity index (χ4n) is 2.41. The number of carbonyl (C=O) groups is 1. The first-order chi connectivity index (χ1) is 11.8. The number of nitrogens with zero attached hydrogens (tertiary/aromatic N) is 2. The molecule has 1 aromatic heterocycles. The van der Waals surface area contributed by atoms with Crippen LogP contribution in [0.5, 0.6) is 0 Å². The highest BCUT2D eigenvalue weighted by Gasteiger charge is 2.02. The van der Waals surface area contributed by atoms with Gasteiger partial charge in [0.1, 0.15) is 0 Å². The lowest BCUT2D eigenvalue weighted by Gasteiger charge is -2.09. The molecule has 0 saturated heterocycles. The molecule has 3 rings (SSSR count). The van der Waals surface area contributed by atoms with Crippen LogP contribution in [0.4, 0.5) is 10.5 Å². The molecular formula is C19H20N4O. The van der Waals surface area contributed by atoms with E-state index in [-0.39, 0.29) is 6.03 Å². The molecule has 1 heterocycles. The first kappa shape index (κ1) is 15.8. The lowest BCUT2D eigenvalue weighted by molar-refractivity contribution is 0.252. The number of amides is 2. The molecule has 0 aliphatic heterocycles. The summed E-state index contributed by atoms with van der Waals surface area (Å²) in [6.07, 6.45) is 4.50. The summed E-state index contributed by atoms with van der Waals surface area (Å²) in [4.78, 5) is 11.9. The fourth-order valence-corrected chi connectivity index (χ4v) is 2.41. The van der Waals surface area contributed by atoms with E-state index < -0.39 is 0 Å². The second-order valence-electron chi connectivity index (χ2n) is 5.52. The van der Waals surface area contributed by atoms with Gasteiger partial charge in [0, 0.05) is 24.6 Å². The minimum absolute atomic E-state index is 0.189. The van der Waals surface area contributed by atoms with Gasteiger partial charge in [-0.2, -0.15) is 5.10 Å². The summed E-state index contributed by atoms with van der Waals surface area (Å²) in [5, 5.41) is 9.89. The van der Waals surface area contributed by atoms with E-state index in [1.165, 1.54) is 5.56 Å². The summed E-state index contributed by atoms with van der Waals surface area (Å²) in [6.45, 7) is 1.32. The van der Waals surface area contributed by atoms with Crippen molar-refractivity contribution in [2.75, 3.05) is 11.9 Å². The van der Waals surface area contributed by atoms with Crippen molar-refractivity contribution in [3.05, 3.63) is 84.2 Å². The summed E-state index contributed by atoms with van der Waals surface area (Å²) < 4.78 is 1.86. The van der Waals surface area contributed by atoms with Gasteiger partial charge in [0.25, 0.3) is 0 Å². The van der Waals surface area contributed by atoms with Crippen LogP contribution < -0.4 is 10.6 Å². The first-order valence-electron chi connectivity index (χ1n) is 7.95. The Morgan fingerprint density at radius 2 is 1.75 bits per heavy atom. The van der Waals surface area contributed by atoms with Crippen molar-refractivity contribution < 1.29 is 4.79 Å². The van der Waals surface area contributed by atoms with Crippen LogP contribution in [0, 0.1) is 0 Å². The normalized spacial score (nSPS) is 10.3. The van der Waals surface area contributed by atoms with Crippen molar-refractivity contribution in [1.29, 1.82) is 0 Å². The van der Waals surface area contributed by atoms with Gasteiger partial charge in [-0.05, 0) is 35.7 Å². The average molecular weight is 320 g/mol. The molecule has 5 heteroatoms. The highest BCUT2D eigenvalue weighted by atomic mass is 16.2. The summed E-state index contributed by atoms with van der Waals surface area (Å²) in [5.74, 6) is 0. The van der Waals surface area contributed by atoms with Crippen LogP contribution in [0.25, 0.3) is 0 Å². The van der Waals surface area contributed by atoms with Crippen molar-refractivity contribution in [2.24, 2.45) is 0 Å². The maximum absolute atomic E-state index is 11.9. The number of urea groups is 1. The molecule has 0 unspecified atom stereocenters. The third-order valence-electron chi connectivity index (χ3n) is 3.66. The van der Waals surface area contributed by atoms with E-state index in [1.54, 1.807) is 6.20 Å². The van der Waals surface area contributed by atoms with Crippen LogP contribution in [0.1, 0.15) is 11.1 Å². The van der Waals surface area contributed by atoms with Gasteiger partial charge < -0.3 is 10.6 Å². The van der Waals surface area contributed by atoms with Gasteiger partial charge in [-0.25, -0.2) is 4.79 Å². The van der Waals surface area contributed by atoms with Crippen molar-refractivity contribution in [3.8, 4) is 0 Å². The van der Waals surface area contributed by atoms with Crippen molar-refractivity contribution >= 4 is 11.7 Å². The molecule has 24 heavy (non-hydrogen) atoms. The second-order valence-corrected chi connectivity index (χ2v) is 5.52. The number of anilines is 1. The number of benzene rings is 2. The topological polar surface area (TPSA) is 59.0 Å². The lowest BCUT2D eigenvalue weighted by atomic mass is 10.1. The molecule has 0 fully saturated rings. The quantitative estimate of drug-likeness (QED) is 0.732. The van der Waals surface area contributed by atoms with Crippen LogP contribution in [-0.4, -0.2) is 22.4 Å². The molecule has 0 aliphatic carbocycles. The minimum atomic E-state index is -0.189. The zero-order valence-electron chi connectivity index (χ0n) is 13.4. The molecule has 2 N–H and O–H groups in total. The SMILES string of the molecule is O=C(NCCc1ccccc1)Nc1ccc(Cn2cccn2)cc1. The fraction of sp³-hybridized carbons (Fsp3) is 0.158. The Bertz CT molecular complexity index is 752. The lowest BCUT2D eigenvalue weighted by Crippen LogP contribution is -2.30. The maximum atomic E-state index is 11.9. The monoisotopic (exact) mass is 320 g/mol. The largest absolute Gasteiger partial charge is 0.338 e.